The molecule has 0 bridgehead atoms. The molecule has 1 atom stereocenters. The van der Waals surface area contributed by atoms with Crippen molar-refractivity contribution in [2.45, 2.75) is 17.1 Å². The van der Waals surface area contributed by atoms with Crippen LogP contribution in [0.2, 0.25) is 0 Å². The van der Waals surface area contributed by atoms with Gasteiger partial charge in [0.15, 0.2) is 0 Å². The Morgan fingerprint density at radius 2 is 2.21 bits per heavy atom. The number of anilines is 1. The van der Waals surface area contributed by atoms with E-state index in [1.165, 1.54) is 0 Å². The lowest BCUT2D eigenvalue weighted by Gasteiger charge is -2.09. The maximum absolute atomic E-state index is 11.1. The van der Waals surface area contributed by atoms with Crippen LogP contribution in [0.1, 0.15) is 22.9 Å². The number of halogens is 2. The molecule has 0 spiro atoms. The third kappa shape index (κ3) is 2.58. The van der Waals surface area contributed by atoms with E-state index in [9.17, 15) is 4.79 Å². The van der Waals surface area contributed by atoms with Gasteiger partial charge in [0.25, 0.3) is 0 Å². The van der Waals surface area contributed by atoms with Gasteiger partial charge in [0.2, 0.25) is 0 Å². The van der Waals surface area contributed by atoms with Crippen molar-refractivity contribution in [2.24, 2.45) is 0 Å². The molecule has 1 unspecified atom stereocenters. The summed E-state index contributed by atoms with van der Waals surface area (Å²) in [7, 11) is 0. The summed E-state index contributed by atoms with van der Waals surface area (Å²) in [4.78, 5) is 10.9. The molecule has 0 radical (unpaired) electrons. The topological polar surface area (TPSA) is 43.1 Å². The van der Waals surface area contributed by atoms with Crippen molar-refractivity contribution < 1.29 is 4.79 Å². The highest BCUT2D eigenvalue weighted by molar-refractivity contribution is 9.09. The van der Waals surface area contributed by atoms with E-state index in [1.54, 1.807) is 6.92 Å². The summed E-state index contributed by atoms with van der Waals surface area (Å²) in [5, 5.41) is 0.728. The molecule has 0 fully saturated rings. The Balaban J connectivity index is 3.02. The Kier molecular flexibility index (Phi) is 4.13. The molecule has 0 aliphatic heterocycles. The van der Waals surface area contributed by atoms with Crippen molar-refractivity contribution in [3.05, 3.63) is 29.3 Å². The number of hydrogen-bond acceptors (Lipinski definition) is 2. The Labute approximate surface area is 100 Å². The second kappa shape index (κ2) is 4.94. The van der Waals surface area contributed by atoms with Crippen LogP contribution in [-0.4, -0.2) is 5.78 Å². The van der Waals surface area contributed by atoms with Gasteiger partial charge < -0.3 is 5.73 Å². The van der Waals surface area contributed by atoms with Crippen molar-refractivity contribution in [3.63, 3.8) is 0 Å². The molecular formula is C10H11Br2NO. The molecule has 1 aromatic rings. The molecule has 0 aliphatic carbocycles. The van der Waals surface area contributed by atoms with Crippen molar-refractivity contribution >= 4 is 43.3 Å². The van der Waals surface area contributed by atoms with Crippen LogP contribution < -0.4 is 5.73 Å². The summed E-state index contributed by atoms with van der Waals surface area (Å²) < 4.78 is 0. The van der Waals surface area contributed by atoms with Gasteiger partial charge in [-0.3, -0.25) is 4.79 Å². The number of ketones is 1. The predicted molar refractivity (Wildman–Crippen MR) is 65.8 cm³/mol. The van der Waals surface area contributed by atoms with Gasteiger partial charge in [-0.25, -0.2) is 0 Å². The van der Waals surface area contributed by atoms with E-state index in [0.717, 1.165) is 16.5 Å². The number of nitrogen functional groups attached to an aromatic ring is 1. The first-order valence-corrected chi connectivity index (χ1v) is 6.18. The Bertz CT molecular complexity index is 352. The van der Waals surface area contributed by atoms with Gasteiger partial charge in [-0.1, -0.05) is 44.0 Å². The first-order valence-electron chi connectivity index (χ1n) is 4.15. The Morgan fingerprint density at radius 1 is 1.57 bits per heavy atom. The molecule has 0 aromatic heterocycles. The quantitative estimate of drug-likeness (QED) is 0.686. The normalized spacial score (nSPS) is 12.5. The third-order valence-corrected chi connectivity index (χ3v) is 3.74. The molecule has 0 saturated heterocycles. The largest absolute Gasteiger partial charge is 0.398 e. The fourth-order valence-electron chi connectivity index (χ4n) is 1.13. The SMILES string of the molecule is CC(=O)C(Br)c1ccc(CBr)c(N)c1. The maximum atomic E-state index is 11.1. The standard InChI is InChI=1S/C10H11Br2NO/c1-6(14)10(12)7-2-3-8(5-11)9(13)4-7/h2-4,10H,5,13H2,1H3. The number of benzene rings is 1. The summed E-state index contributed by atoms with van der Waals surface area (Å²) in [5.74, 6) is 0.0796. The minimum absolute atomic E-state index is 0.0796. The zero-order valence-electron chi connectivity index (χ0n) is 7.76. The summed E-state index contributed by atoms with van der Waals surface area (Å²) in [5.41, 5.74) is 8.46. The number of carbonyl (C=O) groups excluding carboxylic acids is 1. The lowest BCUT2D eigenvalue weighted by molar-refractivity contribution is -0.116. The van der Waals surface area contributed by atoms with Gasteiger partial charge in [0.1, 0.15) is 5.78 Å². The molecule has 1 rings (SSSR count). The number of nitrogens with two attached hydrogens (primary N) is 1. The molecule has 2 N–H and O–H groups in total. The van der Waals surface area contributed by atoms with E-state index in [1.807, 2.05) is 18.2 Å². The second-order valence-electron chi connectivity index (χ2n) is 3.07. The Hall–Kier alpha value is -0.350. The van der Waals surface area contributed by atoms with Gasteiger partial charge in [-0.2, -0.15) is 0 Å². The molecule has 0 saturated carbocycles. The van der Waals surface area contributed by atoms with Gasteiger partial charge in [-0.05, 0) is 24.1 Å². The van der Waals surface area contributed by atoms with Crippen LogP contribution in [0.5, 0.6) is 0 Å². The fourth-order valence-corrected chi connectivity index (χ4v) is 1.92. The van der Waals surface area contributed by atoms with E-state index in [-0.39, 0.29) is 10.6 Å². The number of Topliss-reactive ketones (excluding diaryl/α,β-unsaturated/α-hetero) is 1. The second-order valence-corrected chi connectivity index (χ2v) is 4.54. The lowest BCUT2D eigenvalue weighted by atomic mass is 10.1. The van der Waals surface area contributed by atoms with Crippen LogP contribution in [0.25, 0.3) is 0 Å². The average molecular weight is 321 g/mol. The fraction of sp³-hybridized carbons (Fsp3) is 0.300. The molecule has 0 aliphatic rings. The predicted octanol–water partition coefficient (Wildman–Crippen LogP) is 3.19. The summed E-state index contributed by atoms with van der Waals surface area (Å²) >= 11 is 6.65. The number of rotatable bonds is 3. The minimum Gasteiger partial charge on any atom is -0.398 e. The highest BCUT2D eigenvalue weighted by atomic mass is 79.9. The van der Waals surface area contributed by atoms with Crippen LogP contribution in [0.15, 0.2) is 18.2 Å². The van der Waals surface area contributed by atoms with Crippen LogP contribution in [0.4, 0.5) is 5.69 Å². The first-order chi connectivity index (χ1) is 6.56. The van der Waals surface area contributed by atoms with Crippen LogP contribution in [-0.2, 0) is 10.1 Å². The maximum Gasteiger partial charge on any atom is 0.147 e. The van der Waals surface area contributed by atoms with E-state index in [0.29, 0.717) is 5.69 Å². The number of alkyl halides is 2. The van der Waals surface area contributed by atoms with Gasteiger partial charge in [-0.15, -0.1) is 0 Å². The summed E-state index contributed by atoms with van der Waals surface area (Å²) in [6, 6.07) is 5.67. The van der Waals surface area contributed by atoms with E-state index in [4.69, 9.17) is 5.73 Å². The van der Waals surface area contributed by atoms with Crippen molar-refractivity contribution in [3.8, 4) is 0 Å². The Morgan fingerprint density at radius 3 is 2.64 bits per heavy atom. The first kappa shape index (κ1) is 11.7. The average Bonchev–Trinajstić information content (AvgIpc) is 2.16. The van der Waals surface area contributed by atoms with Crippen molar-refractivity contribution in [1.82, 2.24) is 0 Å². The number of carbonyl (C=O) groups is 1. The summed E-state index contributed by atoms with van der Waals surface area (Å²) in [6.45, 7) is 1.55. The van der Waals surface area contributed by atoms with Gasteiger partial charge in [0, 0.05) is 11.0 Å². The van der Waals surface area contributed by atoms with Crippen LogP contribution in [0, 0.1) is 0 Å². The number of hydrogen-bond donors (Lipinski definition) is 1. The highest BCUT2D eigenvalue weighted by Gasteiger charge is 2.13. The van der Waals surface area contributed by atoms with E-state index < -0.39 is 0 Å². The minimum atomic E-state index is -0.255. The molecule has 1 aromatic carbocycles. The molecule has 14 heavy (non-hydrogen) atoms. The monoisotopic (exact) mass is 319 g/mol. The van der Waals surface area contributed by atoms with Crippen molar-refractivity contribution in [2.75, 3.05) is 5.73 Å². The molecule has 0 amide bonds. The molecule has 76 valence electrons. The highest BCUT2D eigenvalue weighted by Crippen LogP contribution is 2.27. The smallest absolute Gasteiger partial charge is 0.147 e. The third-order valence-electron chi connectivity index (χ3n) is 1.96. The van der Waals surface area contributed by atoms with Gasteiger partial charge in [0.05, 0.1) is 4.83 Å². The zero-order valence-corrected chi connectivity index (χ0v) is 10.9. The van der Waals surface area contributed by atoms with Crippen LogP contribution in [0.3, 0.4) is 0 Å². The van der Waals surface area contributed by atoms with E-state index >= 15 is 0 Å². The molecule has 2 nitrogen and oxygen atoms in total. The summed E-state index contributed by atoms with van der Waals surface area (Å²) in [6.07, 6.45) is 0. The van der Waals surface area contributed by atoms with Gasteiger partial charge >= 0.3 is 0 Å². The van der Waals surface area contributed by atoms with E-state index in [2.05, 4.69) is 31.9 Å². The zero-order chi connectivity index (χ0) is 10.7. The lowest BCUT2D eigenvalue weighted by Crippen LogP contribution is -2.02. The molecule has 0 heterocycles. The molecule has 4 heteroatoms. The molecular weight excluding hydrogens is 310 g/mol. The van der Waals surface area contributed by atoms with Crippen molar-refractivity contribution in [1.29, 1.82) is 0 Å². The van der Waals surface area contributed by atoms with Crippen LogP contribution >= 0.6 is 31.9 Å².